The molecule has 0 aliphatic carbocycles. The summed E-state index contributed by atoms with van der Waals surface area (Å²) in [5.74, 6) is -0.00601. The maximum Gasteiger partial charge on any atom is 0.274 e. The Morgan fingerprint density at radius 3 is 2.86 bits per heavy atom. The van der Waals surface area contributed by atoms with E-state index < -0.39 is 0 Å². The molecule has 1 unspecified atom stereocenters. The Hall–Kier alpha value is -2.28. The average Bonchev–Trinajstić information content (AvgIpc) is 2.89. The third-order valence-corrected chi connectivity index (χ3v) is 3.89. The molecule has 0 spiro atoms. The van der Waals surface area contributed by atoms with Crippen LogP contribution >= 0.6 is 0 Å². The quantitative estimate of drug-likeness (QED) is 0.842. The minimum Gasteiger partial charge on any atom is -0.384 e. The van der Waals surface area contributed by atoms with E-state index in [-0.39, 0.29) is 11.8 Å². The van der Waals surface area contributed by atoms with E-state index in [1.54, 1.807) is 24.5 Å². The number of imidazole rings is 1. The highest BCUT2D eigenvalue weighted by Crippen LogP contribution is 2.28. The van der Waals surface area contributed by atoms with Crippen LogP contribution < -0.4 is 0 Å². The number of hydrogen-bond donors (Lipinski definition) is 0. The molecule has 0 aromatic carbocycles. The van der Waals surface area contributed by atoms with Gasteiger partial charge in [0.25, 0.3) is 5.91 Å². The first-order chi connectivity index (χ1) is 10.6. The Kier molecular flexibility index (Phi) is 3.89. The van der Waals surface area contributed by atoms with E-state index in [4.69, 9.17) is 4.74 Å². The zero-order valence-corrected chi connectivity index (χ0v) is 13.0. The first-order valence-corrected chi connectivity index (χ1v) is 7.17. The van der Waals surface area contributed by atoms with Crippen molar-refractivity contribution in [2.75, 3.05) is 20.3 Å². The lowest BCUT2D eigenvalue weighted by molar-refractivity contribution is 0.0667. The van der Waals surface area contributed by atoms with Crippen LogP contribution in [0.25, 0.3) is 0 Å². The number of hydrogen-bond acceptors (Lipinski definition) is 5. The summed E-state index contributed by atoms with van der Waals surface area (Å²) in [5, 5.41) is 0. The molecule has 0 fully saturated rings. The van der Waals surface area contributed by atoms with E-state index in [1.807, 2.05) is 18.5 Å². The summed E-state index contributed by atoms with van der Waals surface area (Å²) in [4.78, 5) is 27.1. The van der Waals surface area contributed by atoms with Gasteiger partial charge in [0.15, 0.2) is 0 Å². The van der Waals surface area contributed by atoms with Crippen molar-refractivity contribution in [1.82, 2.24) is 24.4 Å². The fourth-order valence-electron chi connectivity index (χ4n) is 2.88. The molecule has 3 rings (SSSR count). The molecular weight excluding hydrogens is 282 g/mol. The highest BCUT2D eigenvalue weighted by atomic mass is 16.5. The van der Waals surface area contributed by atoms with Crippen LogP contribution in [0.3, 0.4) is 0 Å². The van der Waals surface area contributed by atoms with Crippen molar-refractivity contribution in [3.05, 3.63) is 41.5 Å². The first-order valence-electron chi connectivity index (χ1n) is 7.17. The molecule has 7 nitrogen and oxygen atoms in total. The highest BCUT2D eigenvalue weighted by molar-refractivity contribution is 5.92. The summed E-state index contributed by atoms with van der Waals surface area (Å²) in [6.07, 6.45) is 4.92. The second-order valence-corrected chi connectivity index (χ2v) is 5.57. The molecule has 1 atom stereocenters. The molecule has 116 valence electrons. The van der Waals surface area contributed by atoms with Crippen LogP contribution in [0.15, 0.2) is 18.7 Å². The molecule has 0 bridgehead atoms. The molecule has 0 saturated heterocycles. The Morgan fingerprint density at radius 2 is 2.18 bits per heavy atom. The number of amides is 1. The van der Waals surface area contributed by atoms with Gasteiger partial charge in [0.05, 0.1) is 37.1 Å². The van der Waals surface area contributed by atoms with Crippen LogP contribution in [0.4, 0.5) is 0 Å². The second kappa shape index (κ2) is 5.84. The molecule has 22 heavy (non-hydrogen) atoms. The smallest absolute Gasteiger partial charge is 0.274 e. The topological polar surface area (TPSA) is 73.1 Å². The maximum atomic E-state index is 12.6. The normalized spacial score (nSPS) is 17.4. The van der Waals surface area contributed by atoms with E-state index in [1.165, 1.54) is 6.20 Å². The van der Waals surface area contributed by atoms with E-state index in [9.17, 15) is 4.79 Å². The molecule has 2 aromatic heterocycles. The summed E-state index contributed by atoms with van der Waals surface area (Å²) < 4.78 is 7.31. The molecule has 7 heteroatoms. The largest absolute Gasteiger partial charge is 0.384 e. The van der Waals surface area contributed by atoms with Gasteiger partial charge < -0.3 is 14.2 Å². The fraction of sp³-hybridized carbons (Fsp3) is 0.467. The van der Waals surface area contributed by atoms with E-state index >= 15 is 0 Å². The van der Waals surface area contributed by atoms with Crippen LogP contribution in [0.2, 0.25) is 0 Å². The fourth-order valence-corrected chi connectivity index (χ4v) is 2.88. The minimum absolute atomic E-state index is 0.114. The van der Waals surface area contributed by atoms with Gasteiger partial charge in [-0.3, -0.25) is 9.78 Å². The van der Waals surface area contributed by atoms with Crippen LogP contribution in [0, 0.1) is 6.92 Å². The zero-order chi connectivity index (χ0) is 15.7. The van der Waals surface area contributed by atoms with Crippen molar-refractivity contribution in [3.63, 3.8) is 0 Å². The predicted octanol–water partition coefficient (Wildman–Crippen LogP) is 0.905. The van der Waals surface area contributed by atoms with Gasteiger partial charge in [-0.25, -0.2) is 9.97 Å². The van der Waals surface area contributed by atoms with Crippen LogP contribution in [-0.4, -0.2) is 50.6 Å². The number of ether oxygens (including phenoxy) is 1. The Bertz CT molecular complexity index is 680. The van der Waals surface area contributed by atoms with E-state index in [0.717, 1.165) is 17.1 Å². The standard InChI is InChI=1S/C15H19N5O2/c1-10-4-17-12(5-16-10)15(21)20-6-11(8-22-3)14-13(7-20)18-9-19(14)2/h4-5,9,11H,6-8H2,1-3H3. The number of fused-ring (bicyclic) bond motifs is 1. The molecule has 3 heterocycles. The molecule has 0 radical (unpaired) electrons. The van der Waals surface area contributed by atoms with Gasteiger partial charge >= 0.3 is 0 Å². The number of rotatable bonds is 3. The zero-order valence-electron chi connectivity index (χ0n) is 13.0. The molecule has 1 aliphatic heterocycles. The minimum atomic E-state index is -0.120. The SMILES string of the molecule is COCC1CN(C(=O)c2cnc(C)cn2)Cc2ncn(C)c21. The summed E-state index contributed by atoms with van der Waals surface area (Å²) in [7, 11) is 3.64. The van der Waals surface area contributed by atoms with Crippen molar-refractivity contribution in [2.24, 2.45) is 7.05 Å². The maximum absolute atomic E-state index is 12.6. The van der Waals surface area contributed by atoms with Gasteiger partial charge in [0.1, 0.15) is 5.69 Å². The molecule has 0 saturated carbocycles. The van der Waals surface area contributed by atoms with Crippen LogP contribution in [0.1, 0.15) is 33.5 Å². The van der Waals surface area contributed by atoms with Crippen molar-refractivity contribution in [2.45, 2.75) is 19.4 Å². The number of carbonyl (C=O) groups excluding carboxylic acids is 1. The van der Waals surface area contributed by atoms with Gasteiger partial charge in [-0.1, -0.05) is 0 Å². The number of aromatic nitrogens is 4. The third kappa shape index (κ3) is 2.59. The number of carbonyl (C=O) groups is 1. The average molecular weight is 301 g/mol. The summed E-state index contributed by atoms with van der Waals surface area (Å²) in [6, 6.07) is 0. The lowest BCUT2D eigenvalue weighted by atomic mass is 9.98. The predicted molar refractivity (Wildman–Crippen MR) is 79.3 cm³/mol. The summed E-state index contributed by atoms with van der Waals surface area (Å²) in [5.41, 5.74) is 3.21. The van der Waals surface area contributed by atoms with Crippen molar-refractivity contribution >= 4 is 5.91 Å². The molecule has 0 N–H and O–H groups in total. The number of nitrogens with zero attached hydrogens (tertiary/aromatic N) is 5. The van der Waals surface area contributed by atoms with E-state index in [2.05, 4.69) is 15.0 Å². The molecule has 2 aromatic rings. The lowest BCUT2D eigenvalue weighted by Gasteiger charge is -2.32. The Labute approximate surface area is 129 Å². The monoisotopic (exact) mass is 301 g/mol. The molecular formula is C15H19N5O2. The summed E-state index contributed by atoms with van der Waals surface area (Å²) in [6.45, 7) is 3.48. The van der Waals surface area contributed by atoms with Crippen LogP contribution in [0.5, 0.6) is 0 Å². The van der Waals surface area contributed by atoms with Gasteiger partial charge in [-0.2, -0.15) is 0 Å². The van der Waals surface area contributed by atoms with Gasteiger partial charge in [0.2, 0.25) is 0 Å². The first kappa shape index (κ1) is 14.6. The van der Waals surface area contributed by atoms with Crippen LogP contribution in [-0.2, 0) is 18.3 Å². The Balaban J connectivity index is 1.87. The molecule has 1 amide bonds. The summed E-state index contributed by atoms with van der Waals surface area (Å²) >= 11 is 0. The highest BCUT2D eigenvalue weighted by Gasteiger charge is 2.32. The number of methoxy groups -OCH3 is 1. The van der Waals surface area contributed by atoms with Gasteiger partial charge in [0, 0.05) is 38.5 Å². The van der Waals surface area contributed by atoms with Crippen molar-refractivity contribution in [1.29, 1.82) is 0 Å². The van der Waals surface area contributed by atoms with E-state index in [0.29, 0.717) is 25.4 Å². The lowest BCUT2D eigenvalue weighted by Crippen LogP contribution is -2.40. The number of aryl methyl sites for hydroxylation is 2. The Morgan fingerprint density at radius 1 is 1.36 bits per heavy atom. The van der Waals surface area contributed by atoms with Crippen molar-refractivity contribution in [3.8, 4) is 0 Å². The van der Waals surface area contributed by atoms with Gasteiger partial charge in [-0.15, -0.1) is 0 Å². The van der Waals surface area contributed by atoms with Gasteiger partial charge in [-0.05, 0) is 6.92 Å². The second-order valence-electron chi connectivity index (χ2n) is 5.57. The van der Waals surface area contributed by atoms with Crippen molar-refractivity contribution < 1.29 is 9.53 Å². The third-order valence-electron chi connectivity index (χ3n) is 3.89. The molecule has 1 aliphatic rings.